The number of ether oxygens (including phenoxy) is 2. The molecule has 0 bridgehead atoms. The Morgan fingerprint density at radius 2 is 2.05 bits per heavy atom. The van der Waals surface area contributed by atoms with Gasteiger partial charge >= 0.3 is 0 Å². The van der Waals surface area contributed by atoms with E-state index in [9.17, 15) is 4.79 Å². The number of carbonyl (C=O) groups excluding carboxylic acids is 1. The zero-order valence-electron chi connectivity index (χ0n) is 13.3. The minimum absolute atomic E-state index is 0.470. The van der Waals surface area contributed by atoms with Crippen LogP contribution in [-0.4, -0.2) is 25.7 Å². The highest BCUT2D eigenvalue weighted by Crippen LogP contribution is 2.29. The molecule has 1 aromatic rings. The third kappa shape index (κ3) is 5.63. The molecule has 0 spiro atoms. The maximum atomic E-state index is 11.3. The topological polar surface area (TPSA) is 73.6 Å². The summed E-state index contributed by atoms with van der Waals surface area (Å²) in [6, 6.07) is 5.69. The third-order valence-electron chi connectivity index (χ3n) is 3.07. The Morgan fingerprint density at radius 3 is 2.57 bits per heavy atom. The fraction of sp³-hybridized carbons (Fsp3) is 0.562. The first kappa shape index (κ1) is 17.3. The van der Waals surface area contributed by atoms with E-state index in [0.29, 0.717) is 23.8 Å². The van der Waals surface area contributed by atoms with Gasteiger partial charge in [-0.25, -0.2) is 0 Å². The van der Waals surface area contributed by atoms with Crippen LogP contribution in [0.3, 0.4) is 0 Å². The van der Waals surface area contributed by atoms with E-state index in [1.165, 1.54) is 0 Å². The number of primary amides is 1. The van der Waals surface area contributed by atoms with Crippen molar-refractivity contribution in [3.63, 3.8) is 0 Å². The van der Waals surface area contributed by atoms with Gasteiger partial charge in [-0.15, -0.1) is 0 Å². The molecular weight excluding hydrogens is 268 g/mol. The Hall–Kier alpha value is -1.75. The van der Waals surface area contributed by atoms with Crippen LogP contribution in [0.5, 0.6) is 11.5 Å². The van der Waals surface area contributed by atoms with Crippen molar-refractivity contribution in [2.45, 2.75) is 39.8 Å². The summed E-state index contributed by atoms with van der Waals surface area (Å²) in [7, 11) is 1.58. The molecule has 1 rings (SSSR count). The molecule has 5 heteroatoms. The van der Waals surface area contributed by atoms with Gasteiger partial charge < -0.3 is 20.5 Å². The lowest BCUT2D eigenvalue weighted by Crippen LogP contribution is -2.33. The number of amides is 1. The molecule has 0 radical (unpaired) electrons. The molecule has 5 nitrogen and oxygen atoms in total. The van der Waals surface area contributed by atoms with E-state index in [-0.39, 0.29) is 0 Å². The van der Waals surface area contributed by atoms with Gasteiger partial charge in [0.1, 0.15) is 0 Å². The molecule has 1 unspecified atom stereocenters. The third-order valence-corrected chi connectivity index (χ3v) is 3.07. The van der Waals surface area contributed by atoms with Crippen molar-refractivity contribution in [1.82, 2.24) is 5.32 Å². The highest BCUT2D eigenvalue weighted by atomic mass is 16.5. The fourth-order valence-electron chi connectivity index (χ4n) is 1.92. The standard InChI is InChI=1S/C16H26N2O3/c1-5-13(16(17)19)21-14-7-6-12(8-15(14)20-4)10-18-9-11(2)3/h6-8,11,13,18H,5,9-10H2,1-4H3,(H2,17,19). The van der Waals surface area contributed by atoms with Crippen molar-refractivity contribution >= 4 is 5.91 Å². The van der Waals surface area contributed by atoms with Crippen LogP contribution in [0.15, 0.2) is 18.2 Å². The zero-order valence-corrected chi connectivity index (χ0v) is 13.3. The molecule has 0 fully saturated rings. The van der Waals surface area contributed by atoms with Gasteiger partial charge in [0.25, 0.3) is 5.91 Å². The second-order valence-corrected chi connectivity index (χ2v) is 5.43. The van der Waals surface area contributed by atoms with E-state index in [2.05, 4.69) is 19.2 Å². The Balaban J connectivity index is 2.76. The number of methoxy groups -OCH3 is 1. The van der Waals surface area contributed by atoms with Gasteiger partial charge in [-0.1, -0.05) is 26.8 Å². The highest BCUT2D eigenvalue weighted by Gasteiger charge is 2.17. The fourth-order valence-corrected chi connectivity index (χ4v) is 1.92. The molecule has 21 heavy (non-hydrogen) atoms. The van der Waals surface area contributed by atoms with E-state index >= 15 is 0 Å². The average molecular weight is 294 g/mol. The van der Waals surface area contributed by atoms with Gasteiger partial charge in [0.05, 0.1) is 7.11 Å². The number of rotatable bonds is 9. The van der Waals surface area contributed by atoms with Crippen LogP contribution in [0.25, 0.3) is 0 Å². The normalized spacial score (nSPS) is 12.2. The van der Waals surface area contributed by atoms with Crippen LogP contribution >= 0.6 is 0 Å². The predicted octanol–water partition coefficient (Wildman–Crippen LogP) is 2.08. The summed E-state index contributed by atoms with van der Waals surface area (Å²) in [6.45, 7) is 7.91. The first-order chi connectivity index (χ1) is 9.97. The maximum absolute atomic E-state index is 11.3. The summed E-state index contributed by atoms with van der Waals surface area (Å²) >= 11 is 0. The summed E-state index contributed by atoms with van der Waals surface area (Å²) in [4.78, 5) is 11.3. The van der Waals surface area contributed by atoms with Crippen LogP contribution in [0.1, 0.15) is 32.8 Å². The molecule has 0 heterocycles. The summed E-state index contributed by atoms with van der Waals surface area (Å²) in [5.74, 6) is 1.28. The second kappa shape index (κ2) is 8.52. The number of nitrogens with one attached hydrogen (secondary N) is 1. The number of hydrogen-bond acceptors (Lipinski definition) is 4. The Labute approximate surface area is 126 Å². The van der Waals surface area contributed by atoms with E-state index < -0.39 is 12.0 Å². The zero-order chi connectivity index (χ0) is 15.8. The molecule has 118 valence electrons. The van der Waals surface area contributed by atoms with Gasteiger partial charge in [0, 0.05) is 6.54 Å². The van der Waals surface area contributed by atoms with E-state index in [4.69, 9.17) is 15.2 Å². The lowest BCUT2D eigenvalue weighted by molar-refractivity contribution is -0.124. The quantitative estimate of drug-likeness (QED) is 0.731. The molecule has 0 saturated carbocycles. The minimum Gasteiger partial charge on any atom is -0.493 e. The molecule has 0 saturated heterocycles. The van der Waals surface area contributed by atoms with Crippen LogP contribution in [0, 0.1) is 5.92 Å². The summed E-state index contributed by atoms with van der Waals surface area (Å²) in [5, 5.41) is 3.37. The van der Waals surface area contributed by atoms with E-state index in [1.54, 1.807) is 7.11 Å². The molecular formula is C16H26N2O3. The number of benzene rings is 1. The summed E-state index contributed by atoms with van der Waals surface area (Å²) < 4.78 is 11.0. The summed E-state index contributed by atoms with van der Waals surface area (Å²) in [5.41, 5.74) is 6.40. The molecule has 0 aliphatic rings. The van der Waals surface area contributed by atoms with Gasteiger partial charge in [-0.2, -0.15) is 0 Å². The van der Waals surface area contributed by atoms with Crippen molar-refractivity contribution in [2.75, 3.05) is 13.7 Å². The molecule has 3 N–H and O–H groups in total. The number of carbonyl (C=O) groups is 1. The van der Waals surface area contributed by atoms with Gasteiger partial charge in [0.15, 0.2) is 17.6 Å². The lowest BCUT2D eigenvalue weighted by Gasteiger charge is -2.17. The monoisotopic (exact) mass is 294 g/mol. The largest absolute Gasteiger partial charge is 0.493 e. The molecule has 1 aromatic carbocycles. The van der Waals surface area contributed by atoms with Gasteiger partial charge in [-0.3, -0.25) is 4.79 Å². The van der Waals surface area contributed by atoms with E-state index in [0.717, 1.165) is 18.7 Å². The first-order valence-electron chi connectivity index (χ1n) is 7.31. The van der Waals surface area contributed by atoms with Gasteiger partial charge in [0.2, 0.25) is 0 Å². The van der Waals surface area contributed by atoms with Crippen molar-refractivity contribution in [2.24, 2.45) is 11.7 Å². The molecule has 0 aliphatic heterocycles. The van der Waals surface area contributed by atoms with E-state index in [1.807, 2.05) is 25.1 Å². The molecule has 0 aromatic heterocycles. The second-order valence-electron chi connectivity index (χ2n) is 5.43. The predicted molar refractivity (Wildman–Crippen MR) is 83.4 cm³/mol. The smallest absolute Gasteiger partial charge is 0.258 e. The Morgan fingerprint density at radius 1 is 1.33 bits per heavy atom. The van der Waals surface area contributed by atoms with Crippen molar-refractivity contribution in [3.05, 3.63) is 23.8 Å². The Kier molecular flexibility index (Phi) is 7.02. The minimum atomic E-state index is -0.635. The average Bonchev–Trinajstić information content (AvgIpc) is 2.44. The summed E-state index contributed by atoms with van der Waals surface area (Å²) in [6.07, 6.45) is -0.111. The molecule has 0 aliphatic carbocycles. The van der Waals surface area contributed by atoms with Crippen molar-refractivity contribution in [3.8, 4) is 11.5 Å². The van der Waals surface area contributed by atoms with Crippen LogP contribution in [-0.2, 0) is 11.3 Å². The Bertz CT molecular complexity index is 461. The molecule has 1 atom stereocenters. The maximum Gasteiger partial charge on any atom is 0.258 e. The highest BCUT2D eigenvalue weighted by molar-refractivity contribution is 5.79. The molecule has 1 amide bonds. The van der Waals surface area contributed by atoms with Crippen LogP contribution in [0.4, 0.5) is 0 Å². The number of hydrogen-bond donors (Lipinski definition) is 2. The van der Waals surface area contributed by atoms with Crippen LogP contribution < -0.4 is 20.5 Å². The van der Waals surface area contributed by atoms with Crippen molar-refractivity contribution in [1.29, 1.82) is 0 Å². The first-order valence-corrected chi connectivity index (χ1v) is 7.31. The van der Waals surface area contributed by atoms with Gasteiger partial charge in [-0.05, 0) is 36.6 Å². The number of nitrogens with two attached hydrogens (primary N) is 1. The van der Waals surface area contributed by atoms with Crippen LogP contribution in [0.2, 0.25) is 0 Å². The van der Waals surface area contributed by atoms with Crippen molar-refractivity contribution < 1.29 is 14.3 Å². The lowest BCUT2D eigenvalue weighted by atomic mass is 10.1. The SMILES string of the molecule is CCC(Oc1ccc(CNCC(C)C)cc1OC)C(N)=O.